The van der Waals surface area contributed by atoms with Crippen LogP contribution in [0.15, 0.2) is 18.2 Å². The second-order valence-corrected chi connectivity index (χ2v) is 5.10. The highest BCUT2D eigenvalue weighted by molar-refractivity contribution is 5.95. The average molecular weight is 306 g/mol. The van der Waals surface area contributed by atoms with Crippen LogP contribution in [0.2, 0.25) is 0 Å². The number of carbonyl (C=O) groups is 2. The summed E-state index contributed by atoms with van der Waals surface area (Å²) in [6.45, 7) is 4.14. The van der Waals surface area contributed by atoms with Gasteiger partial charge in [0.15, 0.2) is 11.5 Å². The molecule has 120 valence electrons. The van der Waals surface area contributed by atoms with E-state index in [1.54, 1.807) is 42.2 Å². The molecule has 0 aromatic heterocycles. The molecular weight excluding hydrogens is 284 g/mol. The summed E-state index contributed by atoms with van der Waals surface area (Å²) in [7, 11) is 3.10. The minimum Gasteiger partial charge on any atom is -0.493 e. The zero-order chi connectivity index (χ0) is 16.1. The lowest BCUT2D eigenvalue weighted by atomic mass is 10.1. The summed E-state index contributed by atoms with van der Waals surface area (Å²) in [5.41, 5.74) is 0.563. The van der Waals surface area contributed by atoms with Gasteiger partial charge in [0.2, 0.25) is 5.91 Å². The number of hydrogen-bond donors (Lipinski definition) is 0. The van der Waals surface area contributed by atoms with Gasteiger partial charge in [-0.05, 0) is 18.2 Å². The maximum Gasteiger partial charge on any atom is 0.254 e. The third kappa shape index (κ3) is 3.32. The van der Waals surface area contributed by atoms with Crippen LogP contribution in [0.25, 0.3) is 0 Å². The van der Waals surface area contributed by atoms with Crippen LogP contribution in [0.3, 0.4) is 0 Å². The molecule has 1 aromatic rings. The maximum absolute atomic E-state index is 12.5. The normalized spacial score (nSPS) is 14.7. The highest BCUT2D eigenvalue weighted by atomic mass is 16.5. The van der Waals surface area contributed by atoms with E-state index in [1.165, 1.54) is 0 Å². The summed E-state index contributed by atoms with van der Waals surface area (Å²) in [5, 5.41) is 0. The fourth-order valence-corrected chi connectivity index (χ4v) is 2.53. The van der Waals surface area contributed by atoms with Crippen molar-refractivity contribution in [1.29, 1.82) is 0 Å². The van der Waals surface area contributed by atoms with Gasteiger partial charge >= 0.3 is 0 Å². The van der Waals surface area contributed by atoms with Gasteiger partial charge < -0.3 is 19.3 Å². The van der Waals surface area contributed by atoms with Crippen LogP contribution in [0.4, 0.5) is 0 Å². The number of hydrogen-bond acceptors (Lipinski definition) is 4. The first-order valence-corrected chi connectivity index (χ1v) is 7.39. The number of carbonyl (C=O) groups excluding carboxylic acids is 2. The van der Waals surface area contributed by atoms with Crippen molar-refractivity contribution in [1.82, 2.24) is 9.80 Å². The number of amides is 2. The van der Waals surface area contributed by atoms with E-state index in [4.69, 9.17) is 9.47 Å². The molecule has 1 heterocycles. The van der Waals surface area contributed by atoms with E-state index in [-0.39, 0.29) is 11.8 Å². The molecule has 0 radical (unpaired) electrons. The topological polar surface area (TPSA) is 59.1 Å². The molecule has 6 nitrogen and oxygen atoms in total. The quantitative estimate of drug-likeness (QED) is 0.843. The summed E-state index contributed by atoms with van der Waals surface area (Å²) in [5.74, 6) is 1.22. The molecule has 0 aliphatic carbocycles. The zero-order valence-corrected chi connectivity index (χ0v) is 13.3. The molecule has 0 saturated carbocycles. The molecule has 22 heavy (non-hydrogen) atoms. The Kier molecular flexibility index (Phi) is 5.25. The Hall–Kier alpha value is -2.24. The van der Waals surface area contributed by atoms with Crippen molar-refractivity contribution >= 4 is 11.8 Å². The molecule has 0 spiro atoms. The molecule has 2 rings (SSSR count). The highest BCUT2D eigenvalue weighted by Gasteiger charge is 2.24. The molecule has 1 aromatic carbocycles. The number of methoxy groups -OCH3 is 2. The van der Waals surface area contributed by atoms with Crippen molar-refractivity contribution in [3.63, 3.8) is 0 Å². The number of nitrogens with zero attached hydrogens (tertiary/aromatic N) is 2. The van der Waals surface area contributed by atoms with Gasteiger partial charge in [-0.1, -0.05) is 6.92 Å². The molecule has 0 N–H and O–H groups in total. The van der Waals surface area contributed by atoms with Crippen LogP contribution in [0.5, 0.6) is 11.5 Å². The summed E-state index contributed by atoms with van der Waals surface area (Å²) in [6, 6.07) is 5.14. The Morgan fingerprint density at radius 3 is 2.14 bits per heavy atom. The first-order chi connectivity index (χ1) is 10.6. The Morgan fingerprint density at radius 1 is 1.00 bits per heavy atom. The van der Waals surface area contributed by atoms with Gasteiger partial charge in [0.25, 0.3) is 5.91 Å². The standard InChI is InChI=1S/C16H22N2O4/c1-4-15(19)17-7-9-18(10-8-17)16(20)12-5-6-13(21-2)14(11-12)22-3/h5-6,11H,4,7-10H2,1-3H3. The van der Waals surface area contributed by atoms with E-state index >= 15 is 0 Å². The van der Waals surface area contributed by atoms with Crippen molar-refractivity contribution in [2.45, 2.75) is 13.3 Å². The fraction of sp³-hybridized carbons (Fsp3) is 0.500. The Labute approximate surface area is 130 Å². The predicted molar refractivity (Wildman–Crippen MR) is 82.3 cm³/mol. The van der Waals surface area contributed by atoms with E-state index < -0.39 is 0 Å². The molecule has 1 aliphatic rings. The van der Waals surface area contributed by atoms with E-state index in [0.29, 0.717) is 49.7 Å². The summed E-state index contributed by atoms with van der Waals surface area (Å²) < 4.78 is 10.4. The third-order valence-electron chi connectivity index (χ3n) is 3.85. The Morgan fingerprint density at radius 2 is 1.59 bits per heavy atom. The first-order valence-electron chi connectivity index (χ1n) is 7.39. The summed E-state index contributed by atoms with van der Waals surface area (Å²) in [6.07, 6.45) is 0.504. The van der Waals surface area contributed by atoms with Gasteiger partial charge in [-0.15, -0.1) is 0 Å². The van der Waals surface area contributed by atoms with Crippen molar-refractivity contribution in [2.24, 2.45) is 0 Å². The highest BCUT2D eigenvalue weighted by Crippen LogP contribution is 2.28. The largest absolute Gasteiger partial charge is 0.493 e. The SMILES string of the molecule is CCC(=O)N1CCN(C(=O)c2ccc(OC)c(OC)c2)CC1. The van der Waals surface area contributed by atoms with Gasteiger partial charge in [0.05, 0.1) is 14.2 Å². The predicted octanol–water partition coefficient (Wildman–Crippen LogP) is 1.40. The molecular formula is C16H22N2O4. The third-order valence-corrected chi connectivity index (χ3v) is 3.85. The van der Waals surface area contributed by atoms with Gasteiger partial charge in [-0.3, -0.25) is 9.59 Å². The molecule has 1 saturated heterocycles. The number of piperazine rings is 1. The second-order valence-electron chi connectivity index (χ2n) is 5.10. The molecule has 2 amide bonds. The van der Waals surface area contributed by atoms with Crippen LogP contribution in [0, 0.1) is 0 Å². The monoisotopic (exact) mass is 306 g/mol. The molecule has 1 fully saturated rings. The van der Waals surface area contributed by atoms with Crippen molar-refractivity contribution in [3.8, 4) is 11.5 Å². The summed E-state index contributed by atoms with van der Waals surface area (Å²) in [4.78, 5) is 27.8. The van der Waals surface area contributed by atoms with Crippen LogP contribution >= 0.6 is 0 Å². The van der Waals surface area contributed by atoms with Gasteiger partial charge in [-0.2, -0.15) is 0 Å². The second kappa shape index (κ2) is 7.15. The average Bonchev–Trinajstić information content (AvgIpc) is 2.59. The van der Waals surface area contributed by atoms with Crippen LogP contribution < -0.4 is 9.47 Å². The number of rotatable bonds is 4. The van der Waals surface area contributed by atoms with Gasteiger partial charge in [0, 0.05) is 38.2 Å². The Bertz CT molecular complexity index is 551. The van der Waals surface area contributed by atoms with E-state index in [1.807, 2.05) is 6.92 Å². The molecule has 0 unspecified atom stereocenters. The lowest BCUT2D eigenvalue weighted by Gasteiger charge is -2.34. The lowest BCUT2D eigenvalue weighted by molar-refractivity contribution is -0.132. The van der Waals surface area contributed by atoms with Crippen LogP contribution in [0.1, 0.15) is 23.7 Å². The van der Waals surface area contributed by atoms with Crippen LogP contribution in [-0.2, 0) is 4.79 Å². The Balaban J connectivity index is 2.05. The number of ether oxygens (including phenoxy) is 2. The molecule has 6 heteroatoms. The van der Waals surface area contributed by atoms with Gasteiger partial charge in [-0.25, -0.2) is 0 Å². The lowest BCUT2D eigenvalue weighted by Crippen LogP contribution is -2.50. The van der Waals surface area contributed by atoms with E-state index in [0.717, 1.165) is 0 Å². The molecule has 0 atom stereocenters. The zero-order valence-electron chi connectivity index (χ0n) is 13.3. The van der Waals surface area contributed by atoms with Crippen molar-refractivity contribution in [2.75, 3.05) is 40.4 Å². The summed E-state index contributed by atoms with van der Waals surface area (Å²) >= 11 is 0. The minimum absolute atomic E-state index is 0.0513. The number of benzene rings is 1. The fourth-order valence-electron chi connectivity index (χ4n) is 2.53. The van der Waals surface area contributed by atoms with E-state index in [2.05, 4.69) is 0 Å². The van der Waals surface area contributed by atoms with E-state index in [9.17, 15) is 9.59 Å². The smallest absolute Gasteiger partial charge is 0.254 e. The van der Waals surface area contributed by atoms with Crippen molar-refractivity contribution < 1.29 is 19.1 Å². The first kappa shape index (κ1) is 16.1. The van der Waals surface area contributed by atoms with Gasteiger partial charge in [0.1, 0.15) is 0 Å². The van der Waals surface area contributed by atoms with Crippen LogP contribution in [-0.4, -0.2) is 62.0 Å². The minimum atomic E-state index is -0.0513. The van der Waals surface area contributed by atoms with Crippen molar-refractivity contribution in [3.05, 3.63) is 23.8 Å². The molecule has 1 aliphatic heterocycles. The molecule has 0 bridgehead atoms. The maximum atomic E-state index is 12.5.